The lowest BCUT2D eigenvalue weighted by Crippen LogP contribution is -2.56. The average Bonchev–Trinajstić information content (AvgIpc) is 2.72. The second-order valence-corrected chi connectivity index (χ2v) is 9.23. The van der Waals surface area contributed by atoms with Gasteiger partial charge in [-0.2, -0.15) is 0 Å². The maximum absolute atomic E-state index is 13.1. The Hall–Kier alpha value is -3.32. The Morgan fingerprint density at radius 1 is 0.765 bits per heavy atom. The molecule has 1 aromatic rings. The number of aldehydes is 1. The van der Waals surface area contributed by atoms with Crippen LogP contribution in [0.15, 0.2) is 29.2 Å². The van der Waals surface area contributed by atoms with Crippen LogP contribution in [-0.4, -0.2) is 73.5 Å². The first-order valence-electron chi connectivity index (χ1n) is 9.83. The van der Waals surface area contributed by atoms with E-state index >= 15 is 0 Å². The zero-order valence-electron chi connectivity index (χ0n) is 19.1. The molecule has 1 unspecified atom stereocenters. The van der Waals surface area contributed by atoms with Crippen molar-refractivity contribution in [2.24, 2.45) is 0 Å². The molecular weight excluding hydrogens is 476 g/mol. The predicted octanol–water partition coefficient (Wildman–Crippen LogP) is 0.0128. The maximum Gasteiger partial charge on any atom is 0.303 e. The molecule has 0 saturated heterocycles. The van der Waals surface area contributed by atoms with Gasteiger partial charge in [0.1, 0.15) is 0 Å². The summed E-state index contributed by atoms with van der Waals surface area (Å²) in [5.74, 6) is -4.21. The van der Waals surface area contributed by atoms with Crippen LogP contribution in [-0.2, 0) is 52.8 Å². The molecule has 0 heterocycles. The van der Waals surface area contributed by atoms with Crippen LogP contribution >= 0.6 is 0 Å². The molecule has 1 N–H and O–H groups in total. The van der Waals surface area contributed by atoms with Gasteiger partial charge in [-0.15, -0.1) is 0 Å². The molecule has 0 amide bonds. The number of benzene rings is 1. The molecule has 0 aliphatic heterocycles. The number of ether oxygens (including phenoxy) is 4. The van der Waals surface area contributed by atoms with Crippen molar-refractivity contribution in [3.63, 3.8) is 0 Å². The molecule has 1 rings (SSSR count). The molecule has 13 heteroatoms. The van der Waals surface area contributed by atoms with Crippen molar-refractivity contribution in [1.29, 1.82) is 0 Å². The van der Waals surface area contributed by atoms with Crippen LogP contribution in [0.1, 0.15) is 33.3 Å². The number of aryl methyl sites for hydroxylation is 1. The molecule has 0 saturated carbocycles. The van der Waals surface area contributed by atoms with Crippen LogP contribution in [0.4, 0.5) is 0 Å². The van der Waals surface area contributed by atoms with Crippen LogP contribution < -0.4 is 0 Å². The average molecular weight is 502 g/mol. The van der Waals surface area contributed by atoms with Crippen LogP contribution in [0.2, 0.25) is 0 Å². The Morgan fingerprint density at radius 3 is 1.59 bits per heavy atom. The molecule has 0 bridgehead atoms. The lowest BCUT2D eigenvalue weighted by atomic mass is 10.0. The SMILES string of the molecule is CC(=O)O[C@@H]([C@H](OC(C)=O)[C@H](OC(C)=O)C(O)S(=O)(=O)c1ccc(C)cc1)[C@H](C=O)OC(C)=O. The van der Waals surface area contributed by atoms with Gasteiger partial charge in [0.25, 0.3) is 0 Å². The third kappa shape index (κ3) is 7.92. The summed E-state index contributed by atoms with van der Waals surface area (Å²) in [6, 6.07) is 5.29. The second kappa shape index (κ2) is 12.2. The van der Waals surface area contributed by atoms with Crippen molar-refractivity contribution >= 4 is 40.0 Å². The summed E-state index contributed by atoms with van der Waals surface area (Å²) < 4.78 is 46.0. The van der Waals surface area contributed by atoms with Crippen molar-refractivity contribution in [2.75, 3.05) is 0 Å². The van der Waals surface area contributed by atoms with Crippen molar-refractivity contribution in [1.82, 2.24) is 0 Å². The van der Waals surface area contributed by atoms with E-state index in [-0.39, 0.29) is 11.2 Å². The molecule has 188 valence electrons. The monoisotopic (exact) mass is 502 g/mol. The Balaban J connectivity index is 3.67. The summed E-state index contributed by atoms with van der Waals surface area (Å²) in [6.45, 7) is 5.32. The highest BCUT2D eigenvalue weighted by Crippen LogP contribution is 2.26. The number of hydrogen-bond acceptors (Lipinski definition) is 12. The minimum Gasteiger partial charge on any atom is -0.454 e. The topological polar surface area (TPSA) is 177 Å². The fourth-order valence-corrected chi connectivity index (χ4v) is 4.27. The fourth-order valence-electron chi connectivity index (χ4n) is 2.91. The van der Waals surface area contributed by atoms with E-state index in [1.807, 2.05) is 0 Å². The van der Waals surface area contributed by atoms with Crippen molar-refractivity contribution in [2.45, 2.75) is 69.4 Å². The highest BCUT2D eigenvalue weighted by atomic mass is 32.2. The fraction of sp³-hybridized carbons (Fsp3) is 0.476. The molecule has 12 nitrogen and oxygen atoms in total. The number of aliphatic hydroxyl groups excluding tert-OH is 1. The Kier molecular flexibility index (Phi) is 10.3. The van der Waals surface area contributed by atoms with E-state index < -0.39 is 63.6 Å². The van der Waals surface area contributed by atoms with Gasteiger partial charge in [-0.1, -0.05) is 17.7 Å². The molecule has 1 aromatic carbocycles. The van der Waals surface area contributed by atoms with Gasteiger partial charge in [-0.3, -0.25) is 24.0 Å². The lowest BCUT2D eigenvalue weighted by molar-refractivity contribution is -0.201. The minimum atomic E-state index is -4.65. The zero-order valence-corrected chi connectivity index (χ0v) is 19.9. The number of carbonyl (C=O) groups excluding carboxylic acids is 5. The van der Waals surface area contributed by atoms with E-state index in [4.69, 9.17) is 18.9 Å². The van der Waals surface area contributed by atoms with E-state index in [0.717, 1.165) is 27.7 Å². The minimum absolute atomic E-state index is 0.0389. The summed E-state index contributed by atoms with van der Waals surface area (Å²) in [6.07, 6.45) is -8.12. The normalized spacial score (nSPS) is 15.6. The summed E-state index contributed by atoms with van der Waals surface area (Å²) in [7, 11) is -4.65. The molecule has 5 atom stereocenters. The largest absolute Gasteiger partial charge is 0.454 e. The smallest absolute Gasteiger partial charge is 0.303 e. The Morgan fingerprint density at radius 2 is 1.18 bits per heavy atom. The van der Waals surface area contributed by atoms with Gasteiger partial charge >= 0.3 is 23.9 Å². The molecule has 34 heavy (non-hydrogen) atoms. The highest BCUT2D eigenvalue weighted by molar-refractivity contribution is 7.92. The first-order valence-corrected chi connectivity index (χ1v) is 11.4. The standard InChI is InChI=1S/C21H26O12S/c1-11-6-8-16(9-7-11)34(28,29)21(27)20(33-15(5)26)19(32-14(4)25)18(31-13(3)24)17(10-22)30-12(2)23/h6-10,17-21,27H,1-5H3/t17-,18+,19-,20-,21?/m0/s1. The molecule has 0 radical (unpaired) electrons. The van der Waals surface area contributed by atoms with Crippen LogP contribution in [0.3, 0.4) is 0 Å². The first kappa shape index (κ1) is 28.7. The highest BCUT2D eigenvalue weighted by Gasteiger charge is 2.49. The maximum atomic E-state index is 13.1. The summed E-state index contributed by atoms with van der Waals surface area (Å²) in [4.78, 5) is 58.0. The summed E-state index contributed by atoms with van der Waals surface area (Å²) in [5.41, 5.74) is -1.83. The number of esters is 4. The molecule has 0 aliphatic rings. The molecule has 0 aliphatic carbocycles. The molecule has 0 aromatic heterocycles. The Bertz CT molecular complexity index is 1010. The van der Waals surface area contributed by atoms with E-state index in [9.17, 15) is 37.5 Å². The third-order valence-corrected chi connectivity index (χ3v) is 6.10. The third-order valence-electron chi connectivity index (χ3n) is 4.26. The second-order valence-electron chi connectivity index (χ2n) is 7.18. The van der Waals surface area contributed by atoms with Crippen LogP contribution in [0.25, 0.3) is 0 Å². The summed E-state index contributed by atoms with van der Waals surface area (Å²) >= 11 is 0. The van der Waals surface area contributed by atoms with E-state index in [1.165, 1.54) is 24.3 Å². The van der Waals surface area contributed by atoms with Crippen molar-refractivity contribution in [3.8, 4) is 0 Å². The number of aliphatic hydroxyl groups is 1. The first-order chi connectivity index (χ1) is 15.7. The molecular formula is C21H26O12S. The van der Waals surface area contributed by atoms with Crippen molar-refractivity contribution < 1.29 is 56.4 Å². The van der Waals surface area contributed by atoms with Gasteiger partial charge in [-0.25, -0.2) is 8.42 Å². The van der Waals surface area contributed by atoms with E-state index in [2.05, 4.69) is 0 Å². The molecule has 0 fully saturated rings. The lowest BCUT2D eigenvalue weighted by Gasteiger charge is -2.35. The number of rotatable bonds is 11. The van der Waals surface area contributed by atoms with Crippen molar-refractivity contribution in [3.05, 3.63) is 29.8 Å². The quantitative estimate of drug-likeness (QED) is 0.244. The van der Waals surface area contributed by atoms with Gasteiger partial charge in [-0.05, 0) is 19.1 Å². The van der Waals surface area contributed by atoms with Gasteiger partial charge in [0, 0.05) is 27.7 Å². The van der Waals surface area contributed by atoms with Crippen LogP contribution in [0.5, 0.6) is 0 Å². The van der Waals surface area contributed by atoms with Gasteiger partial charge in [0.05, 0.1) is 4.90 Å². The zero-order chi connectivity index (χ0) is 26.2. The summed E-state index contributed by atoms with van der Waals surface area (Å²) in [5, 5.41) is 10.8. The number of hydrogen-bond donors (Lipinski definition) is 1. The van der Waals surface area contributed by atoms with Crippen LogP contribution in [0, 0.1) is 6.92 Å². The number of carbonyl (C=O) groups is 5. The molecule has 0 spiro atoms. The van der Waals surface area contributed by atoms with Gasteiger partial charge in [0.2, 0.25) is 15.3 Å². The predicted molar refractivity (Wildman–Crippen MR) is 113 cm³/mol. The Labute approximate surface area is 196 Å². The van der Waals surface area contributed by atoms with E-state index in [0.29, 0.717) is 5.56 Å². The van der Waals surface area contributed by atoms with Gasteiger partial charge in [0.15, 0.2) is 30.7 Å². The van der Waals surface area contributed by atoms with Gasteiger partial charge < -0.3 is 24.1 Å². The number of sulfone groups is 1. The van der Waals surface area contributed by atoms with E-state index in [1.54, 1.807) is 6.92 Å².